The van der Waals surface area contributed by atoms with Gasteiger partial charge < -0.3 is 4.90 Å². The maximum atomic E-state index is 12.8. The van der Waals surface area contributed by atoms with Crippen molar-refractivity contribution in [3.8, 4) is 0 Å². The van der Waals surface area contributed by atoms with E-state index in [-0.39, 0.29) is 23.6 Å². The Hall–Kier alpha value is -1.36. The predicted octanol–water partition coefficient (Wildman–Crippen LogP) is 3.03. The van der Waals surface area contributed by atoms with Crippen LogP contribution in [0.3, 0.4) is 0 Å². The number of sulfone groups is 1. The first-order chi connectivity index (χ1) is 11.1. The summed E-state index contributed by atoms with van der Waals surface area (Å²) >= 11 is 0. The molecule has 0 aromatic heterocycles. The summed E-state index contributed by atoms with van der Waals surface area (Å²) in [5, 5.41) is 0. The molecule has 1 saturated carbocycles. The van der Waals surface area contributed by atoms with E-state index in [0.717, 1.165) is 38.5 Å². The Bertz CT molecular complexity index is 635. The van der Waals surface area contributed by atoms with Gasteiger partial charge in [-0.2, -0.15) is 0 Å². The van der Waals surface area contributed by atoms with Gasteiger partial charge >= 0.3 is 0 Å². The van der Waals surface area contributed by atoms with E-state index < -0.39 is 9.84 Å². The maximum absolute atomic E-state index is 12.8. The molecule has 1 amide bonds. The van der Waals surface area contributed by atoms with Gasteiger partial charge in [-0.05, 0) is 37.8 Å². The van der Waals surface area contributed by atoms with Crippen LogP contribution in [0, 0.1) is 5.92 Å². The Balaban J connectivity index is 1.70. The van der Waals surface area contributed by atoms with E-state index in [1.807, 2.05) is 11.0 Å². The number of amides is 1. The van der Waals surface area contributed by atoms with Crippen LogP contribution in [-0.2, 0) is 14.6 Å². The minimum atomic E-state index is -3.33. The molecular weight excluding hydrogens is 310 g/mol. The number of likely N-dealkylation sites (tertiary alicyclic amines) is 1. The quantitative estimate of drug-likeness (QED) is 0.850. The Morgan fingerprint density at radius 2 is 1.70 bits per heavy atom. The van der Waals surface area contributed by atoms with Crippen LogP contribution in [0.1, 0.15) is 44.9 Å². The van der Waals surface area contributed by atoms with E-state index in [1.54, 1.807) is 24.3 Å². The van der Waals surface area contributed by atoms with Crippen LogP contribution in [0.4, 0.5) is 0 Å². The van der Waals surface area contributed by atoms with E-state index in [0.29, 0.717) is 11.4 Å². The molecule has 1 aromatic carbocycles. The van der Waals surface area contributed by atoms with Crippen LogP contribution in [0.2, 0.25) is 0 Å². The highest BCUT2D eigenvalue weighted by molar-refractivity contribution is 7.91. The molecule has 4 nitrogen and oxygen atoms in total. The lowest BCUT2D eigenvalue weighted by molar-refractivity contribution is -0.137. The van der Waals surface area contributed by atoms with Crippen molar-refractivity contribution in [3.05, 3.63) is 30.3 Å². The third-order valence-corrected chi connectivity index (χ3v) is 6.94. The summed E-state index contributed by atoms with van der Waals surface area (Å²) in [5.41, 5.74) is 0. The summed E-state index contributed by atoms with van der Waals surface area (Å²) in [6.45, 7) is 0.713. The van der Waals surface area contributed by atoms with Crippen LogP contribution >= 0.6 is 0 Å². The lowest BCUT2D eigenvalue weighted by Crippen LogP contribution is -2.43. The van der Waals surface area contributed by atoms with Crippen LogP contribution in [0.25, 0.3) is 0 Å². The lowest BCUT2D eigenvalue weighted by Gasteiger charge is -2.30. The van der Waals surface area contributed by atoms with E-state index in [2.05, 4.69) is 0 Å². The second kappa shape index (κ2) is 7.04. The highest BCUT2D eigenvalue weighted by Gasteiger charge is 2.36. The highest BCUT2D eigenvalue weighted by Crippen LogP contribution is 2.29. The van der Waals surface area contributed by atoms with E-state index in [1.165, 1.54) is 6.42 Å². The van der Waals surface area contributed by atoms with Crippen molar-refractivity contribution < 1.29 is 13.2 Å². The highest BCUT2D eigenvalue weighted by atomic mass is 32.2. The summed E-state index contributed by atoms with van der Waals surface area (Å²) < 4.78 is 25.2. The van der Waals surface area contributed by atoms with Crippen LogP contribution in [0.15, 0.2) is 35.2 Å². The number of hydrogen-bond donors (Lipinski definition) is 0. The predicted molar refractivity (Wildman–Crippen MR) is 89.8 cm³/mol. The molecule has 1 heterocycles. The Kier molecular flexibility index (Phi) is 5.05. The molecule has 126 valence electrons. The number of benzene rings is 1. The number of carbonyl (C=O) groups is 1. The van der Waals surface area contributed by atoms with E-state index in [4.69, 9.17) is 0 Å². The van der Waals surface area contributed by atoms with Gasteiger partial charge in [0, 0.05) is 18.5 Å². The second-order valence-electron chi connectivity index (χ2n) is 6.76. The maximum Gasteiger partial charge on any atom is 0.225 e. The van der Waals surface area contributed by atoms with Gasteiger partial charge in [-0.1, -0.05) is 37.5 Å². The van der Waals surface area contributed by atoms with Gasteiger partial charge in [-0.3, -0.25) is 4.79 Å². The third kappa shape index (κ3) is 3.77. The molecule has 0 radical (unpaired) electrons. The minimum absolute atomic E-state index is 0.0511. The van der Waals surface area contributed by atoms with E-state index in [9.17, 15) is 13.2 Å². The lowest BCUT2D eigenvalue weighted by atomic mass is 9.88. The standard InChI is InChI=1S/C18H25NO3S/c20-18(15-8-3-1-4-9-15)19-13-7-10-16(19)14-23(21,22)17-11-5-2-6-12-17/h2,5-6,11-12,15-16H,1,3-4,7-10,13-14H2/t16-/m0/s1. The smallest absolute Gasteiger partial charge is 0.225 e. The summed E-state index contributed by atoms with van der Waals surface area (Å²) in [6, 6.07) is 8.41. The average molecular weight is 335 g/mol. The fourth-order valence-corrected chi connectivity index (χ4v) is 5.48. The van der Waals surface area contributed by atoms with Crippen molar-refractivity contribution in [2.45, 2.75) is 55.9 Å². The van der Waals surface area contributed by atoms with Gasteiger partial charge in [0.2, 0.25) is 5.91 Å². The second-order valence-corrected chi connectivity index (χ2v) is 8.79. The van der Waals surface area contributed by atoms with Gasteiger partial charge in [0.25, 0.3) is 0 Å². The Morgan fingerprint density at radius 3 is 2.39 bits per heavy atom. The topological polar surface area (TPSA) is 54.5 Å². The molecular formula is C18H25NO3S. The molecule has 0 spiro atoms. The first-order valence-corrected chi connectivity index (χ1v) is 10.3. The first-order valence-electron chi connectivity index (χ1n) is 8.66. The normalized spacial score (nSPS) is 23.1. The van der Waals surface area contributed by atoms with Gasteiger partial charge in [-0.15, -0.1) is 0 Å². The van der Waals surface area contributed by atoms with Gasteiger partial charge in [-0.25, -0.2) is 8.42 Å². The average Bonchev–Trinajstić information content (AvgIpc) is 3.03. The SMILES string of the molecule is O=C(C1CCCCC1)N1CCC[C@H]1CS(=O)(=O)c1ccccc1. The zero-order chi connectivity index (χ0) is 16.3. The molecule has 1 aliphatic heterocycles. The molecule has 1 saturated heterocycles. The van der Waals surface area contributed by atoms with Crippen molar-refractivity contribution in [1.82, 2.24) is 4.90 Å². The third-order valence-electron chi connectivity index (χ3n) is 5.13. The molecule has 23 heavy (non-hydrogen) atoms. The van der Waals surface area contributed by atoms with Gasteiger partial charge in [0.05, 0.1) is 10.6 Å². The number of carbonyl (C=O) groups excluding carboxylic acids is 1. The Morgan fingerprint density at radius 1 is 1.00 bits per heavy atom. The summed E-state index contributed by atoms with van der Waals surface area (Å²) in [5.74, 6) is 0.356. The molecule has 5 heteroatoms. The van der Waals surface area contributed by atoms with Crippen LogP contribution < -0.4 is 0 Å². The number of nitrogens with zero attached hydrogens (tertiary/aromatic N) is 1. The summed E-state index contributed by atoms with van der Waals surface area (Å²) in [6.07, 6.45) is 7.10. The number of hydrogen-bond acceptors (Lipinski definition) is 3. The molecule has 2 aliphatic rings. The molecule has 1 atom stereocenters. The monoisotopic (exact) mass is 335 g/mol. The molecule has 1 aliphatic carbocycles. The van der Waals surface area contributed by atoms with Gasteiger partial charge in [0.15, 0.2) is 9.84 Å². The number of rotatable bonds is 4. The molecule has 1 aromatic rings. The summed E-state index contributed by atoms with van der Waals surface area (Å²) in [7, 11) is -3.33. The molecule has 0 bridgehead atoms. The van der Waals surface area contributed by atoms with Crippen molar-refractivity contribution in [2.75, 3.05) is 12.3 Å². The fourth-order valence-electron chi connectivity index (χ4n) is 3.86. The largest absolute Gasteiger partial charge is 0.338 e. The van der Waals surface area contributed by atoms with Crippen LogP contribution in [0.5, 0.6) is 0 Å². The van der Waals surface area contributed by atoms with Crippen molar-refractivity contribution >= 4 is 15.7 Å². The fraction of sp³-hybridized carbons (Fsp3) is 0.611. The zero-order valence-corrected chi connectivity index (χ0v) is 14.3. The zero-order valence-electron chi connectivity index (χ0n) is 13.5. The molecule has 0 N–H and O–H groups in total. The van der Waals surface area contributed by atoms with Crippen molar-refractivity contribution in [1.29, 1.82) is 0 Å². The minimum Gasteiger partial charge on any atom is -0.338 e. The first kappa shape index (κ1) is 16.5. The van der Waals surface area contributed by atoms with Crippen molar-refractivity contribution in [2.24, 2.45) is 5.92 Å². The van der Waals surface area contributed by atoms with Gasteiger partial charge in [0.1, 0.15) is 0 Å². The van der Waals surface area contributed by atoms with Crippen LogP contribution in [-0.4, -0.2) is 37.6 Å². The summed E-state index contributed by atoms with van der Waals surface area (Å²) in [4.78, 5) is 15.0. The van der Waals surface area contributed by atoms with Crippen molar-refractivity contribution in [3.63, 3.8) is 0 Å². The molecule has 0 unspecified atom stereocenters. The molecule has 2 fully saturated rings. The Labute approximate surface area is 138 Å². The molecule has 3 rings (SSSR count). The van der Waals surface area contributed by atoms with E-state index >= 15 is 0 Å².